The second-order valence-electron chi connectivity index (χ2n) is 5.77. The normalized spacial score (nSPS) is 11.7. The van der Waals surface area contributed by atoms with Gasteiger partial charge < -0.3 is 4.57 Å². The third-order valence-corrected chi connectivity index (χ3v) is 4.96. The molecular formula is C17H14N4O5S. The molecule has 0 saturated carbocycles. The van der Waals surface area contributed by atoms with Crippen LogP contribution in [0.25, 0.3) is 10.2 Å². The van der Waals surface area contributed by atoms with E-state index in [9.17, 15) is 25.0 Å². The van der Waals surface area contributed by atoms with Crippen LogP contribution < -0.4 is 4.80 Å². The number of non-ortho nitro benzene ring substituents is 2. The number of carbonyl (C=O) groups is 1. The Balaban J connectivity index is 2.16. The first-order valence-corrected chi connectivity index (χ1v) is 8.74. The SMILES string of the molecule is CCn1c(=NC(=O)c2cc([N+](=O)[O-])cc([N+](=O)[O-])c2)sc2cc(C)ccc21. The molecule has 0 spiro atoms. The molecule has 0 bridgehead atoms. The third kappa shape index (κ3) is 3.60. The Labute approximate surface area is 156 Å². The monoisotopic (exact) mass is 386 g/mol. The number of aryl methyl sites for hydroxylation is 2. The summed E-state index contributed by atoms with van der Waals surface area (Å²) in [7, 11) is 0. The molecule has 0 aliphatic carbocycles. The van der Waals surface area contributed by atoms with Crippen LogP contribution in [0.1, 0.15) is 22.8 Å². The molecule has 2 aromatic carbocycles. The van der Waals surface area contributed by atoms with Crippen LogP contribution in [0, 0.1) is 27.2 Å². The molecule has 0 unspecified atom stereocenters. The minimum absolute atomic E-state index is 0.202. The van der Waals surface area contributed by atoms with E-state index in [1.54, 1.807) is 0 Å². The molecule has 1 heterocycles. The summed E-state index contributed by atoms with van der Waals surface area (Å²) in [5.74, 6) is -0.771. The molecule has 0 aliphatic rings. The zero-order valence-electron chi connectivity index (χ0n) is 14.4. The van der Waals surface area contributed by atoms with E-state index in [1.165, 1.54) is 11.3 Å². The van der Waals surface area contributed by atoms with Gasteiger partial charge in [-0.05, 0) is 31.5 Å². The van der Waals surface area contributed by atoms with Gasteiger partial charge >= 0.3 is 0 Å². The second kappa shape index (κ2) is 7.08. The molecule has 1 aromatic heterocycles. The number of thiazole rings is 1. The molecule has 27 heavy (non-hydrogen) atoms. The van der Waals surface area contributed by atoms with Crippen molar-refractivity contribution in [3.05, 3.63) is 72.6 Å². The molecule has 0 saturated heterocycles. The first-order chi connectivity index (χ1) is 12.8. The number of benzene rings is 2. The average Bonchev–Trinajstić information content (AvgIpc) is 2.96. The van der Waals surface area contributed by atoms with Gasteiger partial charge in [-0.25, -0.2) is 0 Å². The van der Waals surface area contributed by atoms with Crippen molar-refractivity contribution in [2.45, 2.75) is 20.4 Å². The predicted octanol–water partition coefficient (Wildman–Crippen LogP) is 3.59. The molecule has 0 radical (unpaired) electrons. The van der Waals surface area contributed by atoms with Crippen LogP contribution in [-0.2, 0) is 6.54 Å². The van der Waals surface area contributed by atoms with Crippen molar-refractivity contribution in [2.24, 2.45) is 4.99 Å². The van der Waals surface area contributed by atoms with Gasteiger partial charge in [0.05, 0.1) is 31.7 Å². The quantitative estimate of drug-likeness (QED) is 0.501. The topological polar surface area (TPSA) is 121 Å². The minimum atomic E-state index is -0.780. The van der Waals surface area contributed by atoms with Crippen molar-refractivity contribution in [1.29, 1.82) is 0 Å². The smallest absolute Gasteiger partial charge is 0.280 e. The number of fused-ring (bicyclic) bond motifs is 1. The van der Waals surface area contributed by atoms with E-state index >= 15 is 0 Å². The van der Waals surface area contributed by atoms with E-state index in [1.807, 2.05) is 36.6 Å². The lowest BCUT2D eigenvalue weighted by atomic mass is 10.1. The molecule has 0 atom stereocenters. The zero-order chi connectivity index (χ0) is 19.7. The highest BCUT2D eigenvalue weighted by atomic mass is 32.1. The van der Waals surface area contributed by atoms with E-state index in [0.29, 0.717) is 11.3 Å². The number of nitro groups is 2. The first kappa shape index (κ1) is 18.4. The maximum absolute atomic E-state index is 12.6. The number of carbonyl (C=O) groups excluding carboxylic acids is 1. The number of rotatable bonds is 4. The van der Waals surface area contributed by atoms with Crippen LogP contribution in [0.2, 0.25) is 0 Å². The van der Waals surface area contributed by atoms with Gasteiger partial charge in [-0.2, -0.15) is 4.99 Å². The Bertz CT molecular complexity index is 1130. The Morgan fingerprint density at radius 3 is 2.30 bits per heavy atom. The molecule has 9 nitrogen and oxygen atoms in total. The van der Waals surface area contributed by atoms with Crippen molar-refractivity contribution in [3.63, 3.8) is 0 Å². The van der Waals surface area contributed by atoms with Gasteiger partial charge in [0.25, 0.3) is 17.3 Å². The van der Waals surface area contributed by atoms with Crippen molar-refractivity contribution < 1.29 is 14.6 Å². The molecule has 0 fully saturated rings. The van der Waals surface area contributed by atoms with Crippen LogP contribution >= 0.6 is 11.3 Å². The molecule has 138 valence electrons. The summed E-state index contributed by atoms with van der Waals surface area (Å²) in [6, 6.07) is 8.67. The summed E-state index contributed by atoms with van der Waals surface area (Å²) in [6.45, 7) is 4.44. The summed E-state index contributed by atoms with van der Waals surface area (Å²) in [6.07, 6.45) is 0. The standard InChI is InChI=1S/C17H14N4O5S/c1-3-19-14-5-4-10(2)6-15(14)27-17(19)18-16(22)11-7-12(20(23)24)9-13(8-11)21(25)26/h4-9H,3H2,1-2H3. The molecule has 0 aliphatic heterocycles. The molecule has 3 aromatic rings. The highest BCUT2D eigenvalue weighted by Gasteiger charge is 2.20. The lowest BCUT2D eigenvalue weighted by molar-refractivity contribution is -0.394. The minimum Gasteiger partial charge on any atom is -0.317 e. The van der Waals surface area contributed by atoms with Crippen molar-refractivity contribution >= 4 is 38.8 Å². The maximum atomic E-state index is 12.6. The number of nitro benzene ring substituents is 2. The summed E-state index contributed by atoms with van der Waals surface area (Å²) in [5.41, 5.74) is 0.729. The fraction of sp³-hybridized carbons (Fsp3) is 0.176. The van der Waals surface area contributed by atoms with E-state index in [2.05, 4.69) is 4.99 Å². The molecule has 3 rings (SSSR count). The van der Waals surface area contributed by atoms with Crippen LogP contribution in [0.15, 0.2) is 41.4 Å². The molecule has 0 N–H and O–H groups in total. The average molecular weight is 386 g/mol. The first-order valence-electron chi connectivity index (χ1n) is 7.93. The highest BCUT2D eigenvalue weighted by Crippen LogP contribution is 2.23. The summed E-state index contributed by atoms with van der Waals surface area (Å²) in [5, 5.41) is 22.0. The predicted molar refractivity (Wildman–Crippen MR) is 99.9 cm³/mol. The Hall–Kier alpha value is -3.40. The number of amides is 1. The van der Waals surface area contributed by atoms with Crippen LogP contribution in [0.3, 0.4) is 0 Å². The van der Waals surface area contributed by atoms with Gasteiger partial charge in [-0.3, -0.25) is 25.0 Å². The zero-order valence-corrected chi connectivity index (χ0v) is 15.2. The molecular weight excluding hydrogens is 372 g/mol. The number of nitrogens with zero attached hydrogens (tertiary/aromatic N) is 4. The van der Waals surface area contributed by atoms with Crippen LogP contribution in [-0.4, -0.2) is 20.3 Å². The van der Waals surface area contributed by atoms with Gasteiger partial charge in [0.15, 0.2) is 4.80 Å². The van der Waals surface area contributed by atoms with Gasteiger partial charge in [0, 0.05) is 18.7 Å². The maximum Gasteiger partial charge on any atom is 0.280 e. The van der Waals surface area contributed by atoms with Crippen molar-refractivity contribution in [2.75, 3.05) is 0 Å². The Morgan fingerprint density at radius 2 is 1.74 bits per heavy atom. The number of hydrogen-bond acceptors (Lipinski definition) is 6. The molecule has 1 amide bonds. The van der Waals surface area contributed by atoms with Crippen LogP contribution in [0.5, 0.6) is 0 Å². The van der Waals surface area contributed by atoms with Crippen molar-refractivity contribution in [3.8, 4) is 0 Å². The molecule has 10 heteroatoms. The summed E-state index contributed by atoms with van der Waals surface area (Å²) >= 11 is 1.31. The second-order valence-corrected chi connectivity index (χ2v) is 6.78. The van der Waals surface area contributed by atoms with Gasteiger partial charge in [0.1, 0.15) is 0 Å². The summed E-state index contributed by atoms with van der Waals surface area (Å²) < 4.78 is 2.80. The van der Waals surface area contributed by atoms with Crippen LogP contribution in [0.4, 0.5) is 11.4 Å². The lowest BCUT2D eigenvalue weighted by Gasteiger charge is -2.01. The highest BCUT2D eigenvalue weighted by molar-refractivity contribution is 7.16. The summed E-state index contributed by atoms with van der Waals surface area (Å²) in [4.78, 5) is 37.5. The van der Waals surface area contributed by atoms with E-state index in [4.69, 9.17) is 0 Å². The third-order valence-electron chi connectivity index (χ3n) is 3.92. The largest absolute Gasteiger partial charge is 0.317 e. The number of aromatic nitrogens is 1. The van der Waals surface area contributed by atoms with Gasteiger partial charge in [-0.1, -0.05) is 17.4 Å². The van der Waals surface area contributed by atoms with E-state index < -0.39 is 27.1 Å². The van der Waals surface area contributed by atoms with Gasteiger partial charge in [0.2, 0.25) is 0 Å². The van der Waals surface area contributed by atoms with Crippen molar-refractivity contribution in [1.82, 2.24) is 4.57 Å². The Morgan fingerprint density at radius 1 is 1.11 bits per heavy atom. The Kier molecular flexibility index (Phi) is 4.82. The lowest BCUT2D eigenvalue weighted by Crippen LogP contribution is -2.16. The fourth-order valence-electron chi connectivity index (χ4n) is 2.65. The van der Waals surface area contributed by atoms with E-state index in [-0.39, 0.29) is 5.56 Å². The van der Waals surface area contributed by atoms with E-state index in [0.717, 1.165) is 34.0 Å². The number of hydrogen-bond donors (Lipinski definition) is 0. The fourth-order valence-corrected chi connectivity index (χ4v) is 3.84. The van der Waals surface area contributed by atoms with Gasteiger partial charge in [-0.15, -0.1) is 0 Å².